The minimum absolute atomic E-state index is 0.0951. The second kappa shape index (κ2) is 4.79. The standard InChI is InChI=1S/C13H10BrN3OS/c1-8-12(14)17-7-9(4-5-11(17)15-8)16-13(18)10-3-2-6-19-10/h2-7H,1H3,(H,16,18). The summed E-state index contributed by atoms with van der Waals surface area (Å²) in [5.74, 6) is -0.0951. The van der Waals surface area contributed by atoms with Gasteiger partial charge in [-0.1, -0.05) is 6.07 Å². The van der Waals surface area contributed by atoms with Crippen molar-refractivity contribution in [3.05, 3.63) is 51.0 Å². The average Bonchev–Trinajstić information content (AvgIpc) is 3.01. The van der Waals surface area contributed by atoms with Crippen molar-refractivity contribution in [3.8, 4) is 0 Å². The number of carbonyl (C=O) groups is 1. The van der Waals surface area contributed by atoms with E-state index in [1.54, 1.807) is 6.07 Å². The summed E-state index contributed by atoms with van der Waals surface area (Å²) in [5.41, 5.74) is 2.50. The highest BCUT2D eigenvalue weighted by Crippen LogP contribution is 2.21. The number of anilines is 1. The van der Waals surface area contributed by atoms with Crippen LogP contribution in [-0.2, 0) is 0 Å². The van der Waals surface area contributed by atoms with E-state index in [9.17, 15) is 4.79 Å². The number of thiophene rings is 1. The van der Waals surface area contributed by atoms with E-state index in [0.29, 0.717) is 4.88 Å². The van der Waals surface area contributed by atoms with Crippen molar-refractivity contribution >= 4 is 44.5 Å². The Hall–Kier alpha value is -1.66. The third-order valence-electron chi connectivity index (χ3n) is 2.72. The highest BCUT2D eigenvalue weighted by molar-refractivity contribution is 9.10. The lowest BCUT2D eigenvalue weighted by atomic mass is 10.3. The SMILES string of the molecule is Cc1nc2ccc(NC(=O)c3cccs3)cn2c1Br. The maximum atomic E-state index is 12.0. The van der Waals surface area contributed by atoms with E-state index in [1.807, 2.05) is 41.1 Å². The van der Waals surface area contributed by atoms with Gasteiger partial charge in [-0.05, 0) is 46.4 Å². The Morgan fingerprint density at radius 1 is 1.42 bits per heavy atom. The maximum Gasteiger partial charge on any atom is 0.265 e. The highest BCUT2D eigenvalue weighted by Gasteiger charge is 2.09. The smallest absolute Gasteiger partial charge is 0.265 e. The monoisotopic (exact) mass is 335 g/mol. The molecule has 6 heteroatoms. The minimum Gasteiger partial charge on any atom is -0.320 e. The third-order valence-corrected chi connectivity index (χ3v) is 4.55. The van der Waals surface area contributed by atoms with Crippen LogP contribution in [0, 0.1) is 6.92 Å². The molecule has 3 aromatic heterocycles. The van der Waals surface area contributed by atoms with Gasteiger partial charge in [-0.2, -0.15) is 0 Å². The molecule has 0 saturated carbocycles. The highest BCUT2D eigenvalue weighted by atomic mass is 79.9. The van der Waals surface area contributed by atoms with Crippen molar-refractivity contribution in [2.24, 2.45) is 0 Å². The molecule has 3 heterocycles. The molecule has 0 atom stereocenters. The van der Waals surface area contributed by atoms with E-state index in [4.69, 9.17) is 0 Å². The fraction of sp³-hybridized carbons (Fsp3) is 0.0769. The van der Waals surface area contributed by atoms with E-state index in [1.165, 1.54) is 11.3 Å². The normalized spacial score (nSPS) is 10.8. The van der Waals surface area contributed by atoms with Crippen LogP contribution in [0.2, 0.25) is 0 Å². The molecule has 3 rings (SSSR count). The molecule has 4 nitrogen and oxygen atoms in total. The lowest BCUT2D eigenvalue weighted by Crippen LogP contribution is -2.10. The van der Waals surface area contributed by atoms with Crippen molar-refractivity contribution in [2.75, 3.05) is 5.32 Å². The van der Waals surface area contributed by atoms with E-state index >= 15 is 0 Å². The zero-order valence-electron chi connectivity index (χ0n) is 10.1. The van der Waals surface area contributed by atoms with Gasteiger partial charge in [0.15, 0.2) is 0 Å². The number of hydrogen-bond acceptors (Lipinski definition) is 3. The number of amides is 1. The van der Waals surface area contributed by atoms with Crippen LogP contribution in [0.5, 0.6) is 0 Å². The summed E-state index contributed by atoms with van der Waals surface area (Å²) >= 11 is 4.90. The molecule has 0 aliphatic heterocycles. The Bertz CT molecular complexity index is 749. The summed E-state index contributed by atoms with van der Waals surface area (Å²) < 4.78 is 2.80. The molecule has 96 valence electrons. The maximum absolute atomic E-state index is 12.0. The number of halogens is 1. The fourth-order valence-electron chi connectivity index (χ4n) is 1.81. The van der Waals surface area contributed by atoms with Gasteiger partial charge in [0.1, 0.15) is 10.3 Å². The van der Waals surface area contributed by atoms with Gasteiger partial charge < -0.3 is 5.32 Å². The third kappa shape index (κ3) is 2.29. The number of nitrogens with one attached hydrogen (secondary N) is 1. The molecule has 0 radical (unpaired) electrons. The molecule has 0 unspecified atom stereocenters. The summed E-state index contributed by atoms with van der Waals surface area (Å²) in [5, 5.41) is 4.76. The van der Waals surface area contributed by atoms with Gasteiger partial charge >= 0.3 is 0 Å². The van der Waals surface area contributed by atoms with Gasteiger partial charge in [-0.3, -0.25) is 9.20 Å². The fourth-order valence-corrected chi connectivity index (χ4v) is 2.80. The van der Waals surface area contributed by atoms with Gasteiger partial charge in [0.25, 0.3) is 5.91 Å². The second-order valence-electron chi connectivity index (χ2n) is 4.07. The van der Waals surface area contributed by atoms with Gasteiger partial charge in [0.2, 0.25) is 0 Å². The zero-order valence-corrected chi connectivity index (χ0v) is 12.5. The van der Waals surface area contributed by atoms with Crippen molar-refractivity contribution < 1.29 is 4.79 Å². The molecule has 1 amide bonds. The lowest BCUT2D eigenvalue weighted by Gasteiger charge is -2.04. The number of nitrogens with zero attached hydrogens (tertiary/aromatic N) is 2. The largest absolute Gasteiger partial charge is 0.320 e. The predicted octanol–water partition coefficient (Wildman–Crippen LogP) is 3.72. The molecule has 0 saturated heterocycles. The molecule has 19 heavy (non-hydrogen) atoms. The predicted molar refractivity (Wildman–Crippen MR) is 79.9 cm³/mol. The second-order valence-corrected chi connectivity index (χ2v) is 5.76. The Balaban J connectivity index is 1.93. The summed E-state index contributed by atoms with van der Waals surface area (Å²) in [6.07, 6.45) is 1.85. The molecule has 3 aromatic rings. The van der Waals surface area contributed by atoms with E-state index in [2.05, 4.69) is 26.2 Å². The summed E-state index contributed by atoms with van der Waals surface area (Å²) in [4.78, 5) is 17.0. The number of pyridine rings is 1. The molecule has 0 aromatic carbocycles. The number of fused-ring (bicyclic) bond motifs is 1. The molecular formula is C13H10BrN3OS. The molecule has 1 N–H and O–H groups in total. The molecule has 0 bridgehead atoms. The van der Waals surface area contributed by atoms with E-state index in [0.717, 1.165) is 21.6 Å². The minimum atomic E-state index is -0.0951. The van der Waals surface area contributed by atoms with Crippen molar-refractivity contribution in [2.45, 2.75) is 6.92 Å². The van der Waals surface area contributed by atoms with Crippen molar-refractivity contribution in [3.63, 3.8) is 0 Å². The van der Waals surface area contributed by atoms with Crippen LogP contribution in [0.3, 0.4) is 0 Å². The van der Waals surface area contributed by atoms with Crippen LogP contribution < -0.4 is 5.32 Å². The topological polar surface area (TPSA) is 46.4 Å². The van der Waals surface area contributed by atoms with Crippen molar-refractivity contribution in [1.82, 2.24) is 9.38 Å². The van der Waals surface area contributed by atoms with Gasteiger partial charge in [-0.25, -0.2) is 4.98 Å². The lowest BCUT2D eigenvalue weighted by molar-refractivity contribution is 0.103. The number of aryl methyl sites for hydroxylation is 1. The first kappa shape index (κ1) is 12.4. The molecule has 0 aliphatic rings. The van der Waals surface area contributed by atoms with Crippen LogP contribution >= 0.6 is 27.3 Å². The first-order valence-electron chi connectivity index (χ1n) is 5.64. The molecule has 0 spiro atoms. The quantitative estimate of drug-likeness (QED) is 0.775. The van der Waals surface area contributed by atoms with Gasteiger partial charge in [0.05, 0.1) is 16.3 Å². The average molecular weight is 336 g/mol. The molecule has 0 fully saturated rings. The van der Waals surface area contributed by atoms with Crippen molar-refractivity contribution in [1.29, 1.82) is 0 Å². The van der Waals surface area contributed by atoms with Crippen LogP contribution in [0.1, 0.15) is 15.4 Å². The van der Waals surface area contributed by atoms with E-state index in [-0.39, 0.29) is 5.91 Å². The van der Waals surface area contributed by atoms with Crippen LogP contribution in [0.15, 0.2) is 40.4 Å². The van der Waals surface area contributed by atoms with Crippen LogP contribution in [0.4, 0.5) is 5.69 Å². The Morgan fingerprint density at radius 2 is 2.26 bits per heavy atom. The first-order chi connectivity index (χ1) is 9.15. The number of imidazole rings is 1. The van der Waals surface area contributed by atoms with Gasteiger partial charge in [-0.15, -0.1) is 11.3 Å². The zero-order chi connectivity index (χ0) is 13.4. The first-order valence-corrected chi connectivity index (χ1v) is 7.31. The summed E-state index contributed by atoms with van der Waals surface area (Å²) in [6, 6.07) is 7.38. The number of aromatic nitrogens is 2. The number of rotatable bonds is 2. The van der Waals surface area contributed by atoms with E-state index < -0.39 is 0 Å². The Kier molecular flexibility index (Phi) is 3.12. The Labute approximate surface area is 122 Å². The summed E-state index contributed by atoms with van der Waals surface area (Å²) in [7, 11) is 0. The van der Waals surface area contributed by atoms with Crippen LogP contribution in [0.25, 0.3) is 5.65 Å². The molecular weight excluding hydrogens is 326 g/mol. The molecule has 0 aliphatic carbocycles. The number of carbonyl (C=O) groups excluding carboxylic acids is 1. The summed E-state index contributed by atoms with van der Waals surface area (Å²) in [6.45, 7) is 1.93. The van der Waals surface area contributed by atoms with Gasteiger partial charge in [0, 0.05) is 6.20 Å². The Morgan fingerprint density at radius 3 is 3.00 bits per heavy atom. The van der Waals surface area contributed by atoms with Crippen LogP contribution in [-0.4, -0.2) is 15.3 Å². The number of hydrogen-bond donors (Lipinski definition) is 1.